The summed E-state index contributed by atoms with van der Waals surface area (Å²) >= 11 is 0. The molecule has 0 aromatic carbocycles. The van der Waals surface area contributed by atoms with Crippen molar-refractivity contribution in [3.8, 4) is 0 Å². The van der Waals surface area contributed by atoms with Crippen LogP contribution >= 0.6 is 0 Å². The van der Waals surface area contributed by atoms with Crippen molar-refractivity contribution in [2.24, 2.45) is 18.7 Å². The molecule has 5 heteroatoms. The van der Waals surface area contributed by atoms with Gasteiger partial charge in [-0.2, -0.15) is 5.10 Å². The maximum atomic E-state index is 12.0. The summed E-state index contributed by atoms with van der Waals surface area (Å²) in [7, 11) is 1.85. The Balaban J connectivity index is 2.81. The van der Waals surface area contributed by atoms with E-state index in [2.05, 4.69) is 10.4 Å². The van der Waals surface area contributed by atoms with Crippen LogP contribution in [0.1, 0.15) is 31.7 Å². The number of anilines is 1. The number of nitrogens with one attached hydrogen (secondary N) is 1. The summed E-state index contributed by atoms with van der Waals surface area (Å²) in [5.41, 5.74) is 8.41. The van der Waals surface area contributed by atoms with Gasteiger partial charge < -0.3 is 11.1 Å². The number of rotatable bonds is 4. The minimum atomic E-state index is -0.473. The molecule has 0 fully saturated rings. The summed E-state index contributed by atoms with van der Waals surface area (Å²) in [6, 6.07) is -0.473. The first-order valence-corrected chi connectivity index (χ1v) is 5.95. The topological polar surface area (TPSA) is 72.9 Å². The Morgan fingerprint density at radius 2 is 2.12 bits per heavy atom. The summed E-state index contributed by atoms with van der Waals surface area (Å²) < 4.78 is 1.75. The summed E-state index contributed by atoms with van der Waals surface area (Å²) in [5.74, 6) is 0.0332. The van der Waals surface area contributed by atoms with Gasteiger partial charge in [-0.05, 0) is 19.8 Å². The molecule has 1 heterocycles. The van der Waals surface area contributed by atoms with Gasteiger partial charge in [-0.15, -0.1) is 0 Å². The Kier molecular flexibility index (Phi) is 4.28. The van der Waals surface area contributed by atoms with Crippen molar-refractivity contribution in [3.63, 3.8) is 0 Å². The van der Waals surface area contributed by atoms with E-state index >= 15 is 0 Å². The van der Waals surface area contributed by atoms with Gasteiger partial charge in [-0.25, -0.2) is 0 Å². The van der Waals surface area contributed by atoms with Crippen LogP contribution in [0.4, 0.5) is 5.69 Å². The van der Waals surface area contributed by atoms with E-state index in [0.717, 1.165) is 23.5 Å². The predicted molar refractivity (Wildman–Crippen MR) is 68.7 cm³/mol. The van der Waals surface area contributed by atoms with Crippen molar-refractivity contribution in [2.45, 2.75) is 40.2 Å². The van der Waals surface area contributed by atoms with Gasteiger partial charge >= 0.3 is 0 Å². The number of amides is 1. The molecule has 1 aromatic heterocycles. The molecule has 0 saturated heterocycles. The van der Waals surface area contributed by atoms with Gasteiger partial charge in [0.1, 0.15) is 0 Å². The first-order valence-electron chi connectivity index (χ1n) is 5.95. The van der Waals surface area contributed by atoms with Crippen molar-refractivity contribution in [1.29, 1.82) is 0 Å². The fourth-order valence-corrected chi connectivity index (χ4v) is 1.67. The minimum absolute atomic E-state index is 0.140. The van der Waals surface area contributed by atoms with Crippen molar-refractivity contribution in [2.75, 3.05) is 5.32 Å². The third kappa shape index (κ3) is 2.85. The lowest BCUT2D eigenvalue weighted by molar-refractivity contribution is -0.118. The lowest BCUT2D eigenvalue weighted by Crippen LogP contribution is -2.40. The molecule has 0 saturated carbocycles. The maximum absolute atomic E-state index is 12.0. The molecule has 1 rings (SSSR count). The molecule has 1 aromatic rings. The zero-order valence-corrected chi connectivity index (χ0v) is 11.2. The fourth-order valence-electron chi connectivity index (χ4n) is 1.67. The quantitative estimate of drug-likeness (QED) is 0.831. The highest BCUT2D eigenvalue weighted by molar-refractivity contribution is 5.95. The third-order valence-corrected chi connectivity index (χ3v) is 3.32. The monoisotopic (exact) mass is 238 g/mol. The largest absolute Gasteiger partial charge is 0.322 e. The van der Waals surface area contributed by atoms with Gasteiger partial charge in [0.15, 0.2) is 0 Å². The van der Waals surface area contributed by atoms with E-state index in [-0.39, 0.29) is 11.8 Å². The molecule has 96 valence electrons. The van der Waals surface area contributed by atoms with Gasteiger partial charge in [0.2, 0.25) is 5.91 Å². The lowest BCUT2D eigenvalue weighted by atomic mass is 9.99. The van der Waals surface area contributed by atoms with Crippen LogP contribution in [-0.4, -0.2) is 21.7 Å². The van der Waals surface area contributed by atoms with Gasteiger partial charge in [-0.1, -0.05) is 20.3 Å². The van der Waals surface area contributed by atoms with E-state index in [1.54, 1.807) is 4.68 Å². The standard InChI is InChI=1S/C12H22N4O/c1-6-7(2)10(13)12(17)14-11-8(3)15-16(5)9(11)4/h7,10H,6,13H2,1-5H3,(H,14,17). The SMILES string of the molecule is CCC(C)C(N)C(=O)Nc1c(C)nn(C)c1C. The van der Waals surface area contributed by atoms with Crippen molar-refractivity contribution < 1.29 is 4.79 Å². The number of carbonyl (C=O) groups excluding carboxylic acids is 1. The molecule has 1 amide bonds. The van der Waals surface area contributed by atoms with Gasteiger partial charge in [-0.3, -0.25) is 9.48 Å². The number of carbonyl (C=O) groups is 1. The van der Waals surface area contributed by atoms with Gasteiger partial charge in [0, 0.05) is 7.05 Å². The molecule has 0 aliphatic carbocycles. The van der Waals surface area contributed by atoms with E-state index in [4.69, 9.17) is 5.73 Å². The third-order valence-electron chi connectivity index (χ3n) is 3.32. The highest BCUT2D eigenvalue weighted by atomic mass is 16.2. The summed E-state index contributed by atoms with van der Waals surface area (Å²) in [6.45, 7) is 7.80. The van der Waals surface area contributed by atoms with Gasteiger partial charge in [0.05, 0.1) is 23.1 Å². The van der Waals surface area contributed by atoms with Crippen LogP contribution < -0.4 is 11.1 Å². The van der Waals surface area contributed by atoms with E-state index in [9.17, 15) is 4.79 Å². The number of nitrogens with two attached hydrogens (primary N) is 1. The van der Waals surface area contributed by atoms with Crippen LogP contribution in [0.2, 0.25) is 0 Å². The lowest BCUT2D eigenvalue weighted by Gasteiger charge is -2.17. The van der Waals surface area contributed by atoms with Crippen molar-refractivity contribution >= 4 is 11.6 Å². The molecule has 0 radical (unpaired) electrons. The summed E-state index contributed by atoms with van der Waals surface area (Å²) in [5, 5.41) is 7.12. The summed E-state index contributed by atoms with van der Waals surface area (Å²) in [4.78, 5) is 12.0. The molecule has 0 bridgehead atoms. The molecule has 2 atom stereocenters. The van der Waals surface area contributed by atoms with E-state index in [1.165, 1.54) is 0 Å². The number of hydrogen-bond acceptors (Lipinski definition) is 3. The second-order valence-corrected chi connectivity index (χ2v) is 4.57. The van der Waals surface area contributed by atoms with Crippen molar-refractivity contribution in [1.82, 2.24) is 9.78 Å². The van der Waals surface area contributed by atoms with Crippen LogP contribution in [0.15, 0.2) is 0 Å². The molecule has 17 heavy (non-hydrogen) atoms. The Morgan fingerprint density at radius 3 is 2.53 bits per heavy atom. The average Bonchev–Trinajstić information content (AvgIpc) is 2.53. The molecule has 2 unspecified atom stereocenters. The second kappa shape index (κ2) is 5.31. The molecule has 0 aliphatic rings. The Bertz CT molecular complexity index is 411. The van der Waals surface area contributed by atoms with Crippen LogP contribution in [0.5, 0.6) is 0 Å². The van der Waals surface area contributed by atoms with Crippen LogP contribution in [0.25, 0.3) is 0 Å². The molecule has 0 spiro atoms. The van der Waals surface area contributed by atoms with Crippen LogP contribution in [0, 0.1) is 19.8 Å². The Hall–Kier alpha value is -1.36. The molecule has 0 aliphatic heterocycles. The highest BCUT2D eigenvalue weighted by Crippen LogP contribution is 2.19. The van der Waals surface area contributed by atoms with Gasteiger partial charge in [0.25, 0.3) is 0 Å². The van der Waals surface area contributed by atoms with Crippen LogP contribution in [0.3, 0.4) is 0 Å². The first-order chi connectivity index (χ1) is 7.88. The zero-order valence-electron chi connectivity index (χ0n) is 11.2. The smallest absolute Gasteiger partial charge is 0.241 e. The Labute approximate surface area is 102 Å². The minimum Gasteiger partial charge on any atom is -0.322 e. The van der Waals surface area contributed by atoms with E-state index in [0.29, 0.717) is 0 Å². The Morgan fingerprint density at radius 1 is 1.53 bits per heavy atom. The second-order valence-electron chi connectivity index (χ2n) is 4.57. The number of aryl methyl sites for hydroxylation is 2. The number of aromatic nitrogens is 2. The molecular formula is C12H22N4O. The zero-order chi connectivity index (χ0) is 13.2. The number of hydrogen-bond donors (Lipinski definition) is 2. The molecular weight excluding hydrogens is 216 g/mol. The van der Waals surface area contributed by atoms with Crippen LogP contribution in [-0.2, 0) is 11.8 Å². The fraction of sp³-hybridized carbons (Fsp3) is 0.667. The maximum Gasteiger partial charge on any atom is 0.241 e. The summed E-state index contributed by atoms with van der Waals surface area (Å²) in [6.07, 6.45) is 0.888. The first kappa shape index (κ1) is 13.7. The highest BCUT2D eigenvalue weighted by Gasteiger charge is 2.21. The molecule has 5 nitrogen and oxygen atoms in total. The molecule has 3 N–H and O–H groups in total. The normalized spacial score (nSPS) is 14.5. The number of nitrogens with zero attached hydrogens (tertiary/aromatic N) is 2. The van der Waals surface area contributed by atoms with E-state index in [1.807, 2.05) is 34.7 Å². The average molecular weight is 238 g/mol. The van der Waals surface area contributed by atoms with Crippen molar-refractivity contribution in [3.05, 3.63) is 11.4 Å². The predicted octanol–water partition coefficient (Wildman–Crippen LogP) is 1.35. The van der Waals surface area contributed by atoms with E-state index < -0.39 is 6.04 Å².